The van der Waals surface area contributed by atoms with E-state index in [1.807, 2.05) is 0 Å². The number of quaternary nitrogens is 1. The van der Waals surface area contributed by atoms with Gasteiger partial charge in [-0.05, 0) is 25.7 Å². The zero-order valence-electron chi connectivity index (χ0n) is 9.76. The van der Waals surface area contributed by atoms with Crippen molar-refractivity contribution in [3.05, 3.63) is 0 Å². The SMILES string of the molecule is C[N+](C)(C)C1CCCCC1.O=P(O)(O)O. The Morgan fingerprint density at radius 2 is 1.33 bits per heavy atom. The molecule has 0 amide bonds. The van der Waals surface area contributed by atoms with Crippen LogP contribution in [0.25, 0.3) is 0 Å². The van der Waals surface area contributed by atoms with Crippen LogP contribution in [-0.2, 0) is 4.57 Å². The first-order chi connectivity index (χ1) is 6.61. The van der Waals surface area contributed by atoms with Crippen molar-refractivity contribution < 1.29 is 23.7 Å². The predicted octanol–water partition coefficient (Wildman–Crippen LogP) is 1.10. The fraction of sp³-hybridized carbons (Fsp3) is 1.00. The summed E-state index contributed by atoms with van der Waals surface area (Å²) in [5.74, 6) is 0. The van der Waals surface area contributed by atoms with Gasteiger partial charge in [0.25, 0.3) is 0 Å². The molecule has 0 aromatic heterocycles. The zero-order chi connectivity index (χ0) is 12.1. The highest BCUT2D eigenvalue weighted by Crippen LogP contribution is 2.25. The van der Waals surface area contributed by atoms with Crippen LogP contribution >= 0.6 is 7.82 Å². The van der Waals surface area contributed by atoms with Gasteiger partial charge in [-0.25, -0.2) is 4.57 Å². The van der Waals surface area contributed by atoms with Crippen LogP contribution in [0.5, 0.6) is 0 Å². The number of phosphoric acid groups is 1. The van der Waals surface area contributed by atoms with E-state index in [0.717, 1.165) is 6.04 Å². The fourth-order valence-electron chi connectivity index (χ4n) is 1.86. The monoisotopic (exact) mass is 240 g/mol. The van der Waals surface area contributed by atoms with Crippen molar-refractivity contribution in [3.8, 4) is 0 Å². The summed E-state index contributed by atoms with van der Waals surface area (Å²) in [6, 6.07) is 0.939. The second kappa shape index (κ2) is 5.97. The van der Waals surface area contributed by atoms with Gasteiger partial charge in [0, 0.05) is 0 Å². The minimum absolute atomic E-state index is 0.939. The number of rotatable bonds is 1. The van der Waals surface area contributed by atoms with Crippen LogP contribution in [0.3, 0.4) is 0 Å². The van der Waals surface area contributed by atoms with Crippen molar-refractivity contribution in [1.29, 1.82) is 0 Å². The highest BCUT2D eigenvalue weighted by atomic mass is 31.2. The molecule has 0 spiro atoms. The lowest BCUT2D eigenvalue weighted by Crippen LogP contribution is -2.45. The van der Waals surface area contributed by atoms with E-state index in [9.17, 15) is 0 Å². The minimum Gasteiger partial charge on any atom is -0.328 e. The molecule has 0 aromatic rings. The van der Waals surface area contributed by atoms with Crippen molar-refractivity contribution in [2.24, 2.45) is 0 Å². The molecule has 0 saturated heterocycles. The first-order valence-corrected chi connectivity index (χ1v) is 6.76. The zero-order valence-corrected chi connectivity index (χ0v) is 10.7. The van der Waals surface area contributed by atoms with Gasteiger partial charge >= 0.3 is 7.82 Å². The normalized spacial score (nSPS) is 19.3. The summed E-state index contributed by atoms with van der Waals surface area (Å²) in [6.45, 7) is 0. The van der Waals surface area contributed by atoms with Crippen LogP contribution in [0.2, 0.25) is 0 Å². The Labute approximate surface area is 91.6 Å². The lowest BCUT2D eigenvalue weighted by molar-refractivity contribution is -0.897. The summed E-state index contributed by atoms with van der Waals surface area (Å²) in [5.41, 5.74) is 0. The molecule has 0 aliphatic heterocycles. The van der Waals surface area contributed by atoms with Crippen molar-refractivity contribution in [2.45, 2.75) is 38.1 Å². The molecule has 15 heavy (non-hydrogen) atoms. The molecule has 0 atom stereocenters. The summed E-state index contributed by atoms with van der Waals surface area (Å²) in [4.78, 5) is 21.6. The van der Waals surface area contributed by atoms with Gasteiger partial charge in [-0.2, -0.15) is 0 Å². The van der Waals surface area contributed by atoms with Gasteiger partial charge in [0.15, 0.2) is 0 Å². The van der Waals surface area contributed by atoms with Gasteiger partial charge in [0.2, 0.25) is 0 Å². The molecule has 92 valence electrons. The van der Waals surface area contributed by atoms with E-state index < -0.39 is 7.82 Å². The number of hydrogen-bond donors (Lipinski definition) is 3. The van der Waals surface area contributed by atoms with Crippen molar-refractivity contribution in [1.82, 2.24) is 0 Å². The molecule has 0 radical (unpaired) electrons. The number of hydrogen-bond acceptors (Lipinski definition) is 1. The molecule has 1 rings (SSSR count). The second-order valence-corrected chi connectivity index (χ2v) is 5.95. The minimum atomic E-state index is -4.64. The second-order valence-electron chi connectivity index (χ2n) is 4.92. The average molecular weight is 240 g/mol. The van der Waals surface area contributed by atoms with Crippen LogP contribution in [0, 0.1) is 0 Å². The van der Waals surface area contributed by atoms with Gasteiger partial charge in [-0.1, -0.05) is 6.42 Å². The maximum atomic E-state index is 8.88. The molecule has 5 nitrogen and oxygen atoms in total. The third kappa shape index (κ3) is 10.4. The molecule has 1 aliphatic carbocycles. The Hall–Kier alpha value is 0.0700. The van der Waals surface area contributed by atoms with Crippen LogP contribution < -0.4 is 0 Å². The van der Waals surface area contributed by atoms with Crippen molar-refractivity contribution in [3.63, 3.8) is 0 Å². The Bertz CT molecular complexity index is 206. The molecular formula is C9H23NO4P+. The molecule has 0 heterocycles. The molecular weight excluding hydrogens is 217 g/mol. The third-order valence-electron chi connectivity index (χ3n) is 2.67. The first kappa shape index (κ1) is 15.1. The van der Waals surface area contributed by atoms with Crippen molar-refractivity contribution >= 4 is 7.82 Å². The lowest BCUT2D eigenvalue weighted by atomic mass is 9.94. The van der Waals surface area contributed by atoms with Gasteiger partial charge in [-0.3, -0.25) is 0 Å². The highest BCUT2D eigenvalue weighted by Gasteiger charge is 2.24. The Morgan fingerprint density at radius 3 is 1.53 bits per heavy atom. The summed E-state index contributed by atoms with van der Waals surface area (Å²) in [7, 11) is 2.31. The standard InChI is InChI=1S/C9H20N.H3O4P/c1-10(2,3)9-7-5-4-6-8-9;1-5(2,3)4/h9H,4-8H2,1-3H3;(H3,1,2,3,4)/q+1;. The van der Waals surface area contributed by atoms with Gasteiger partial charge < -0.3 is 19.2 Å². The quantitative estimate of drug-likeness (QED) is 0.473. The Balaban J connectivity index is 0.000000336. The summed E-state index contributed by atoms with van der Waals surface area (Å²) in [6.07, 6.45) is 7.28. The molecule has 1 saturated carbocycles. The maximum absolute atomic E-state index is 8.88. The van der Waals surface area contributed by atoms with E-state index in [0.29, 0.717) is 0 Å². The highest BCUT2D eigenvalue weighted by molar-refractivity contribution is 7.45. The first-order valence-electron chi connectivity index (χ1n) is 5.20. The van der Waals surface area contributed by atoms with E-state index >= 15 is 0 Å². The van der Waals surface area contributed by atoms with Gasteiger partial charge in [0.05, 0.1) is 27.2 Å². The summed E-state index contributed by atoms with van der Waals surface area (Å²) < 4.78 is 10.0. The van der Waals surface area contributed by atoms with Crippen LogP contribution in [-0.4, -0.2) is 46.3 Å². The molecule has 6 heteroatoms. The Morgan fingerprint density at radius 1 is 1.00 bits per heavy atom. The topological polar surface area (TPSA) is 77.8 Å². The van der Waals surface area contributed by atoms with Gasteiger partial charge in [-0.15, -0.1) is 0 Å². The van der Waals surface area contributed by atoms with E-state index in [1.54, 1.807) is 0 Å². The molecule has 1 fully saturated rings. The maximum Gasteiger partial charge on any atom is 0.466 e. The van der Waals surface area contributed by atoms with Crippen LogP contribution in [0.15, 0.2) is 0 Å². The van der Waals surface area contributed by atoms with Crippen LogP contribution in [0.1, 0.15) is 32.1 Å². The Kier molecular flexibility index (Phi) is 5.99. The summed E-state index contributed by atoms with van der Waals surface area (Å²) in [5, 5.41) is 0. The smallest absolute Gasteiger partial charge is 0.328 e. The largest absolute Gasteiger partial charge is 0.466 e. The molecule has 0 aromatic carbocycles. The third-order valence-corrected chi connectivity index (χ3v) is 2.67. The van der Waals surface area contributed by atoms with Crippen LogP contribution in [0.4, 0.5) is 0 Å². The predicted molar refractivity (Wildman–Crippen MR) is 59.2 cm³/mol. The lowest BCUT2D eigenvalue weighted by Gasteiger charge is -2.36. The number of nitrogens with zero attached hydrogens (tertiary/aromatic N) is 1. The average Bonchev–Trinajstić information content (AvgIpc) is 2.01. The van der Waals surface area contributed by atoms with E-state index in [2.05, 4.69) is 21.1 Å². The van der Waals surface area contributed by atoms with Crippen molar-refractivity contribution in [2.75, 3.05) is 21.1 Å². The molecule has 0 bridgehead atoms. The fourth-order valence-corrected chi connectivity index (χ4v) is 1.86. The van der Waals surface area contributed by atoms with E-state index in [-0.39, 0.29) is 0 Å². The van der Waals surface area contributed by atoms with Gasteiger partial charge in [0.1, 0.15) is 0 Å². The van der Waals surface area contributed by atoms with E-state index in [1.165, 1.54) is 36.6 Å². The molecule has 0 unspecified atom stereocenters. The summed E-state index contributed by atoms with van der Waals surface area (Å²) >= 11 is 0. The van der Waals surface area contributed by atoms with E-state index in [4.69, 9.17) is 19.2 Å². The molecule has 1 aliphatic rings. The molecule has 3 N–H and O–H groups in total.